The van der Waals surface area contributed by atoms with Gasteiger partial charge in [-0.1, -0.05) is 0 Å². The van der Waals surface area contributed by atoms with Crippen molar-refractivity contribution in [2.75, 3.05) is 0 Å². The molecular formula is C7H12O3. The topological polar surface area (TPSA) is 46.5 Å². The lowest BCUT2D eigenvalue weighted by Crippen LogP contribution is -2.24. The normalized spacial score (nSPS) is 32.2. The van der Waals surface area contributed by atoms with Crippen molar-refractivity contribution in [1.82, 2.24) is 0 Å². The van der Waals surface area contributed by atoms with Gasteiger partial charge in [-0.2, -0.15) is 0 Å². The summed E-state index contributed by atoms with van der Waals surface area (Å²) in [6.07, 6.45) is 1.86. The molecule has 0 heterocycles. The zero-order valence-corrected chi connectivity index (χ0v) is 6.04. The lowest BCUT2D eigenvalue weighted by molar-refractivity contribution is -0.150. The third-order valence-electron chi connectivity index (χ3n) is 1.74. The maximum absolute atomic E-state index is 10.4. The molecule has 1 rings (SSSR count). The first-order valence-electron chi connectivity index (χ1n) is 3.55. The van der Waals surface area contributed by atoms with E-state index in [1.807, 2.05) is 0 Å². The van der Waals surface area contributed by atoms with Crippen molar-refractivity contribution in [2.24, 2.45) is 0 Å². The first-order chi connectivity index (χ1) is 4.70. The fourth-order valence-electron chi connectivity index (χ4n) is 1.26. The summed E-state index contributed by atoms with van der Waals surface area (Å²) >= 11 is 0. The molecule has 0 aromatic rings. The summed E-state index contributed by atoms with van der Waals surface area (Å²) in [4.78, 5) is 10.4. The van der Waals surface area contributed by atoms with Crippen LogP contribution in [0.15, 0.2) is 0 Å². The van der Waals surface area contributed by atoms with E-state index in [1.165, 1.54) is 6.92 Å². The Labute approximate surface area is 60.0 Å². The zero-order chi connectivity index (χ0) is 7.56. The Balaban J connectivity index is 2.33. The smallest absolute Gasteiger partial charge is 0.302 e. The number of ether oxygens (including phenoxy) is 1. The molecule has 0 amide bonds. The van der Waals surface area contributed by atoms with Crippen LogP contribution in [0.25, 0.3) is 0 Å². The fourth-order valence-corrected chi connectivity index (χ4v) is 1.26. The van der Waals surface area contributed by atoms with Gasteiger partial charge in [0.25, 0.3) is 0 Å². The summed E-state index contributed by atoms with van der Waals surface area (Å²) in [5, 5.41) is 9.16. The quantitative estimate of drug-likeness (QED) is 0.544. The van der Waals surface area contributed by atoms with Gasteiger partial charge < -0.3 is 9.84 Å². The third-order valence-corrected chi connectivity index (χ3v) is 1.74. The molecule has 58 valence electrons. The summed E-state index contributed by atoms with van der Waals surface area (Å²) in [5.74, 6) is -0.300. The van der Waals surface area contributed by atoms with Crippen LogP contribution in [0.5, 0.6) is 0 Å². The number of esters is 1. The van der Waals surface area contributed by atoms with Gasteiger partial charge in [-0.25, -0.2) is 0 Å². The summed E-state index contributed by atoms with van der Waals surface area (Å²) in [7, 11) is 0. The molecule has 1 saturated carbocycles. The summed E-state index contributed by atoms with van der Waals surface area (Å²) < 4.78 is 4.83. The van der Waals surface area contributed by atoms with E-state index in [2.05, 4.69) is 0 Å². The zero-order valence-electron chi connectivity index (χ0n) is 6.04. The molecule has 1 aliphatic carbocycles. The van der Waals surface area contributed by atoms with Crippen LogP contribution < -0.4 is 0 Å². The van der Waals surface area contributed by atoms with Crippen molar-refractivity contribution in [3.8, 4) is 0 Å². The van der Waals surface area contributed by atoms with Crippen molar-refractivity contribution < 1.29 is 14.6 Å². The van der Waals surface area contributed by atoms with Crippen molar-refractivity contribution in [2.45, 2.75) is 38.4 Å². The van der Waals surface area contributed by atoms with E-state index in [9.17, 15) is 4.79 Å². The fraction of sp³-hybridized carbons (Fsp3) is 0.857. The van der Waals surface area contributed by atoms with Crippen LogP contribution in [0.1, 0.15) is 26.2 Å². The van der Waals surface area contributed by atoms with Gasteiger partial charge in [-0.05, 0) is 19.3 Å². The van der Waals surface area contributed by atoms with E-state index in [1.54, 1.807) is 0 Å². The van der Waals surface area contributed by atoms with E-state index in [0.717, 1.165) is 19.3 Å². The third kappa shape index (κ3) is 1.70. The second-order valence-electron chi connectivity index (χ2n) is 2.65. The highest BCUT2D eigenvalue weighted by Gasteiger charge is 2.27. The molecular weight excluding hydrogens is 132 g/mol. The summed E-state index contributed by atoms with van der Waals surface area (Å²) in [5.41, 5.74) is 0. The van der Waals surface area contributed by atoms with Crippen LogP contribution in [0.2, 0.25) is 0 Å². The number of aliphatic hydroxyl groups excluding tert-OH is 1. The van der Waals surface area contributed by atoms with E-state index in [-0.39, 0.29) is 12.1 Å². The average Bonchev–Trinajstić information content (AvgIpc) is 2.15. The highest BCUT2D eigenvalue weighted by molar-refractivity contribution is 5.66. The molecule has 0 aromatic heterocycles. The predicted octanol–water partition coefficient (Wildman–Crippen LogP) is 0.463. The van der Waals surface area contributed by atoms with E-state index in [0.29, 0.717) is 0 Å². The van der Waals surface area contributed by atoms with E-state index >= 15 is 0 Å². The van der Waals surface area contributed by atoms with Crippen molar-refractivity contribution in [1.29, 1.82) is 0 Å². The molecule has 1 aliphatic rings. The van der Waals surface area contributed by atoms with E-state index < -0.39 is 6.10 Å². The summed E-state index contributed by atoms with van der Waals surface area (Å²) in [6, 6.07) is 0. The molecule has 10 heavy (non-hydrogen) atoms. The van der Waals surface area contributed by atoms with Crippen LogP contribution in [0.3, 0.4) is 0 Å². The average molecular weight is 144 g/mol. The molecule has 2 atom stereocenters. The molecule has 1 N–H and O–H groups in total. The van der Waals surface area contributed by atoms with Gasteiger partial charge in [0.15, 0.2) is 0 Å². The molecule has 3 heteroatoms. The molecule has 0 aromatic carbocycles. The predicted molar refractivity (Wildman–Crippen MR) is 35.4 cm³/mol. The van der Waals surface area contributed by atoms with Crippen LogP contribution >= 0.6 is 0 Å². The maximum atomic E-state index is 10.4. The van der Waals surface area contributed by atoms with Crippen molar-refractivity contribution in [3.05, 3.63) is 0 Å². The van der Waals surface area contributed by atoms with Gasteiger partial charge in [0.05, 0.1) is 6.10 Å². The Bertz CT molecular complexity index is 133. The number of carbonyl (C=O) groups is 1. The Morgan fingerprint density at radius 1 is 1.60 bits per heavy atom. The Kier molecular flexibility index (Phi) is 2.27. The molecule has 0 radical (unpaired) electrons. The van der Waals surface area contributed by atoms with Gasteiger partial charge in [-0.15, -0.1) is 0 Å². The molecule has 2 unspecified atom stereocenters. The van der Waals surface area contributed by atoms with Gasteiger partial charge in [-0.3, -0.25) is 4.79 Å². The Morgan fingerprint density at radius 3 is 2.70 bits per heavy atom. The van der Waals surface area contributed by atoms with Gasteiger partial charge in [0.2, 0.25) is 0 Å². The molecule has 0 spiro atoms. The standard InChI is InChI=1S/C7H12O3/c1-5(8)10-7-4-2-3-6(7)9/h6-7,9H,2-4H2,1H3. The molecule has 0 aliphatic heterocycles. The van der Waals surface area contributed by atoms with Gasteiger partial charge >= 0.3 is 5.97 Å². The second-order valence-corrected chi connectivity index (χ2v) is 2.65. The van der Waals surface area contributed by atoms with Crippen LogP contribution in [-0.4, -0.2) is 23.3 Å². The van der Waals surface area contributed by atoms with Crippen molar-refractivity contribution >= 4 is 5.97 Å². The molecule has 0 saturated heterocycles. The van der Waals surface area contributed by atoms with Crippen LogP contribution in [0, 0.1) is 0 Å². The SMILES string of the molecule is CC(=O)OC1CCCC1O. The van der Waals surface area contributed by atoms with Crippen LogP contribution in [-0.2, 0) is 9.53 Å². The number of aliphatic hydroxyl groups is 1. The molecule has 0 bridgehead atoms. The lowest BCUT2D eigenvalue weighted by atomic mass is 10.3. The number of hydrogen-bond acceptors (Lipinski definition) is 3. The second kappa shape index (κ2) is 3.01. The monoisotopic (exact) mass is 144 g/mol. The maximum Gasteiger partial charge on any atom is 0.302 e. The first kappa shape index (κ1) is 7.54. The van der Waals surface area contributed by atoms with Gasteiger partial charge in [0.1, 0.15) is 6.10 Å². The van der Waals surface area contributed by atoms with Crippen LogP contribution in [0.4, 0.5) is 0 Å². The highest BCUT2D eigenvalue weighted by Crippen LogP contribution is 2.21. The lowest BCUT2D eigenvalue weighted by Gasteiger charge is -2.13. The number of carbonyl (C=O) groups excluding carboxylic acids is 1. The van der Waals surface area contributed by atoms with E-state index in [4.69, 9.17) is 9.84 Å². The number of hydrogen-bond donors (Lipinski definition) is 1. The molecule has 1 fully saturated rings. The van der Waals surface area contributed by atoms with Crippen molar-refractivity contribution in [3.63, 3.8) is 0 Å². The summed E-state index contributed by atoms with van der Waals surface area (Å²) in [6.45, 7) is 1.37. The minimum absolute atomic E-state index is 0.238. The minimum atomic E-state index is -0.427. The van der Waals surface area contributed by atoms with Gasteiger partial charge in [0, 0.05) is 6.92 Å². The highest BCUT2D eigenvalue weighted by atomic mass is 16.6. The number of rotatable bonds is 1. The Hall–Kier alpha value is -0.570. The largest absolute Gasteiger partial charge is 0.460 e. The first-order valence-corrected chi connectivity index (χ1v) is 3.55. The Morgan fingerprint density at radius 2 is 2.30 bits per heavy atom. The molecule has 3 nitrogen and oxygen atoms in total. The minimum Gasteiger partial charge on any atom is -0.460 e.